The van der Waals surface area contributed by atoms with E-state index in [1.54, 1.807) is 18.2 Å². The largest absolute Gasteiger partial charge is 0.495 e. The van der Waals surface area contributed by atoms with Crippen LogP contribution in [0.25, 0.3) is 0 Å². The van der Waals surface area contributed by atoms with Crippen molar-refractivity contribution in [2.45, 2.75) is 39.8 Å². The lowest BCUT2D eigenvalue weighted by atomic mass is 10.0. The molecule has 3 rings (SSSR count). The predicted molar refractivity (Wildman–Crippen MR) is 166 cm³/mol. The zero-order chi connectivity index (χ0) is 30.2. The van der Waals surface area contributed by atoms with E-state index < -0.39 is 28.5 Å². The molecule has 1 N–H and O–H groups in total. The molecular weight excluding hydrogens is 606 g/mol. The second-order valence-corrected chi connectivity index (χ2v) is 13.3. The minimum Gasteiger partial charge on any atom is -0.495 e. The summed E-state index contributed by atoms with van der Waals surface area (Å²) in [4.78, 5) is 29.3. The summed E-state index contributed by atoms with van der Waals surface area (Å²) < 4.78 is 33.5. The van der Waals surface area contributed by atoms with Crippen molar-refractivity contribution in [3.8, 4) is 5.75 Å². The lowest BCUT2D eigenvalue weighted by molar-refractivity contribution is -0.140. The lowest BCUT2D eigenvalue weighted by Gasteiger charge is -2.34. The Balaban J connectivity index is 2.08. The minimum atomic E-state index is -3.90. The molecule has 0 saturated carbocycles. The Hall–Kier alpha value is -3.37. The Morgan fingerprint density at radius 3 is 2.22 bits per heavy atom. The molecule has 0 aliphatic rings. The van der Waals surface area contributed by atoms with E-state index in [9.17, 15) is 18.0 Å². The van der Waals surface area contributed by atoms with Crippen molar-refractivity contribution >= 4 is 43.5 Å². The average Bonchev–Trinajstić information content (AvgIpc) is 2.93. The Bertz CT molecular complexity index is 1430. The van der Waals surface area contributed by atoms with Gasteiger partial charge < -0.3 is 15.0 Å². The number of hydrogen-bond donors (Lipinski definition) is 1. The van der Waals surface area contributed by atoms with Crippen LogP contribution >= 0.6 is 15.9 Å². The summed E-state index contributed by atoms with van der Waals surface area (Å²) in [7, 11) is -2.45. The number of rotatable bonds is 13. The first-order chi connectivity index (χ1) is 19.4. The summed E-state index contributed by atoms with van der Waals surface area (Å²) in [5, 5.41) is 2.98. The highest BCUT2D eigenvalue weighted by Gasteiger charge is 2.33. The van der Waals surface area contributed by atoms with Crippen LogP contribution in [0.2, 0.25) is 0 Å². The van der Waals surface area contributed by atoms with Crippen molar-refractivity contribution in [1.29, 1.82) is 0 Å². The van der Waals surface area contributed by atoms with Crippen LogP contribution in [-0.2, 0) is 32.6 Å². The molecular formula is C31H38BrN3O5S. The van der Waals surface area contributed by atoms with Crippen LogP contribution in [0.3, 0.4) is 0 Å². The third kappa shape index (κ3) is 9.33. The van der Waals surface area contributed by atoms with Crippen LogP contribution in [0, 0.1) is 12.8 Å². The molecule has 8 nitrogen and oxygen atoms in total. The quantitative estimate of drug-likeness (QED) is 0.285. The van der Waals surface area contributed by atoms with E-state index >= 15 is 0 Å². The van der Waals surface area contributed by atoms with Crippen LogP contribution in [0.1, 0.15) is 30.5 Å². The second-order valence-electron chi connectivity index (χ2n) is 10.4. The number of aryl methyl sites for hydroxylation is 1. The second kappa shape index (κ2) is 14.5. The molecule has 0 heterocycles. The summed E-state index contributed by atoms with van der Waals surface area (Å²) >= 11 is 3.44. The first-order valence-corrected chi connectivity index (χ1v) is 16.0. The van der Waals surface area contributed by atoms with Crippen LogP contribution in [0.4, 0.5) is 5.69 Å². The fourth-order valence-corrected chi connectivity index (χ4v) is 5.46. The average molecular weight is 645 g/mol. The van der Waals surface area contributed by atoms with Crippen molar-refractivity contribution in [1.82, 2.24) is 10.2 Å². The molecule has 0 bridgehead atoms. The third-order valence-electron chi connectivity index (χ3n) is 6.50. The predicted octanol–water partition coefficient (Wildman–Crippen LogP) is 4.94. The van der Waals surface area contributed by atoms with E-state index in [1.807, 2.05) is 75.4 Å². The summed E-state index contributed by atoms with van der Waals surface area (Å²) in [6, 6.07) is 21.2. The van der Waals surface area contributed by atoms with E-state index in [-0.39, 0.29) is 30.5 Å². The summed E-state index contributed by atoms with van der Waals surface area (Å²) in [5.41, 5.74) is 2.75. The zero-order valence-electron chi connectivity index (χ0n) is 24.1. The Kier molecular flexibility index (Phi) is 11.4. The maximum Gasteiger partial charge on any atom is 0.244 e. The van der Waals surface area contributed by atoms with Gasteiger partial charge in [-0.25, -0.2) is 8.42 Å². The van der Waals surface area contributed by atoms with E-state index in [0.717, 1.165) is 31.7 Å². The van der Waals surface area contributed by atoms with Gasteiger partial charge in [0.25, 0.3) is 0 Å². The molecule has 0 aliphatic carbocycles. The zero-order valence-corrected chi connectivity index (χ0v) is 26.5. The molecule has 0 radical (unpaired) electrons. The molecule has 0 aromatic heterocycles. The molecule has 0 spiro atoms. The minimum absolute atomic E-state index is 0.112. The van der Waals surface area contributed by atoms with Crippen LogP contribution in [0.5, 0.6) is 5.75 Å². The van der Waals surface area contributed by atoms with Crippen molar-refractivity contribution < 1.29 is 22.7 Å². The summed E-state index contributed by atoms with van der Waals surface area (Å²) in [6.07, 6.45) is 1.32. The van der Waals surface area contributed by atoms with E-state index in [0.29, 0.717) is 12.3 Å². The molecule has 0 saturated heterocycles. The Morgan fingerprint density at radius 1 is 0.976 bits per heavy atom. The van der Waals surface area contributed by atoms with E-state index in [2.05, 4.69) is 21.2 Å². The fraction of sp³-hybridized carbons (Fsp3) is 0.355. The van der Waals surface area contributed by atoms with E-state index in [1.165, 1.54) is 12.0 Å². The van der Waals surface area contributed by atoms with Gasteiger partial charge in [0.05, 0.1) is 19.1 Å². The molecule has 2 amide bonds. The van der Waals surface area contributed by atoms with E-state index in [4.69, 9.17) is 4.74 Å². The Labute approximate surface area is 251 Å². The van der Waals surface area contributed by atoms with Gasteiger partial charge in [-0.1, -0.05) is 78.3 Å². The first-order valence-electron chi connectivity index (χ1n) is 13.4. The maximum absolute atomic E-state index is 14.2. The number of hydrogen-bond acceptors (Lipinski definition) is 5. The van der Waals surface area contributed by atoms with Crippen molar-refractivity contribution in [3.63, 3.8) is 0 Å². The van der Waals surface area contributed by atoms with Gasteiger partial charge in [-0.15, -0.1) is 0 Å². The SMILES string of the molecule is COc1ccc(C)cc1N(CC(=O)N(Cc1ccc(Br)cc1)[C@@H](Cc1ccccc1)C(=O)NCC(C)C)S(C)(=O)=O. The number of ether oxygens (including phenoxy) is 1. The third-order valence-corrected chi connectivity index (χ3v) is 8.16. The Morgan fingerprint density at radius 2 is 1.63 bits per heavy atom. The molecule has 0 aliphatic heterocycles. The van der Waals surface area contributed by atoms with Crippen molar-refractivity contribution in [2.24, 2.45) is 5.92 Å². The number of amides is 2. The van der Waals surface area contributed by atoms with Gasteiger partial charge in [-0.05, 0) is 53.8 Å². The van der Waals surface area contributed by atoms with Gasteiger partial charge in [0.15, 0.2) is 0 Å². The number of benzene rings is 3. The topological polar surface area (TPSA) is 96.0 Å². The van der Waals surface area contributed by atoms with Crippen LogP contribution in [0.15, 0.2) is 77.3 Å². The number of carbonyl (C=O) groups is 2. The number of methoxy groups -OCH3 is 1. The molecule has 0 fully saturated rings. The molecule has 3 aromatic rings. The highest BCUT2D eigenvalue weighted by molar-refractivity contribution is 9.10. The number of carbonyl (C=O) groups excluding carboxylic acids is 2. The molecule has 3 aromatic carbocycles. The van der Waals surface area contributed by atoms with Gasteiger partial charge in [0.1, 0.15) is 18.3 Å². The van der Waals surface area contributed by atoms with Crippen molar-refractivity contribution in [2.75, 3.05) is 30.8 Å². The lowest BCUT2D eigenvalue weighted by Crippen LogP contribution is -2.53. The first kappa shape index (κ1) is 32.1. The number of nitrogens with one attached hydrogen (secondary N) is 1. The molecule has 1 atom stereocenters. The molecule has 0 unspecified atom stereocenters. The summed E-state index contributed by atoms with van der Waals surface area (Å²) in [5.74, 6) is -0.278. The molecule has 41 heavy (non-hydrogen) atoms. The van der Waals surface area contributed by atoms with Crippen LogP contribution < -0.4 is 14.4 Å². The summed E-state index contributed by atoms with van der Waals surface area (Å²) in [6.45, 7) is 5.88. The normalized spacial score (nSPS) is 12.1. The highest BCUT2D eigenvalue weighted by atomic mass is 79.9. The van der Waals surface area contributed by atoms with Gasteiger partial charge in [0.2, 0.25) is 21.8 Å². The molecule has 10 heteroatoms. The standard InChI is InChI=1S/C31H38BrN3O5S/c1-22(2)19-33-31(37)28(18-24-9-7-6-8-10-24)34(20-25-12-14-26(32)15-13-25)30(36)21-35(41(5,38)39)27-17-23(3)11-16-29(27)40-4/h6-17,22,28H,18-21H2,1-5H3,(H,33,37)/t28-/m0/s1. The highest BCUT2D eigenvalue weighted by Crippen LogP contribution is 2.31. The number of halogens is 1. The van der Waals surface area contributed by atoms with Gasteiger partial charge in [-0.3, -0.25) is 13.9 Å². The molecule has 220 valence electrons. The maximum atomic E-state index is 14.2. The number of anilines is 1. The van der Waals surface area contributed by atoms with Gasteiger partial charge in [-0.2, -0.15) is 0 Å². The number of nitrogens with zero attached hydrogens (tertiary/aromatic N) is 2. The van der Waals surface area contributed by atoms with Crippen LogP contribution in [-0.4, -0.2) is 57.6 Å². The number of sulfonamides is 1. The van der Waals surface area contributed by atoms with Gasteiger partial charge in [0, 0.05) is 24.0 Å². The fourth-order valence-electron chi connectivity index (χ4n) is 4.35. The smallest absolute Gasteiger partial charge is 0.244 e. The van der Waals surface area contributed by atoms with Gasteiger partial charge >= 0.3 is 0 Å². The van der Waals surface area contributed by atoms with Crippen molar-refractivity contribution in [3.05, 3.63) is 94.0 Å². The monoisotopic (exact) mass is 643 g/mol.